The maximum Gasteiger partial charge on any atom is 0.338 e. The van der Waals surface area contributed by atoms with Crippen molar-refractivity contribution >= 4 is 23.3 Å². The van der Waals surface area contributed by atoms with Crippen LogP contribution in [0, 0.1) is 17.6 Å². The molecule has 2 aromatic rings. The van der Waals surface area contributed by atoms with Gasteiger partial charge in [0.05, 0.1) is 5.56 Å². The van der Waals surface area contributed by atoms with Crippen LogP contribution in [0.2, 0.25) is 0 Å². The summed E-state index contributed by atoms with van der Waals surface area (Å²) in [5, 5.41) is 2.75. The predicted octanol–water partition coefficient (Wildman–Crippen LogP) is 3.74. The van der Waals surface area contributed by atoms with E-state index in [1.54, 1.807) is 12.1 Å². The second-order valence-electron chi connectivity index (χ2n) is 6.38. The van der Waals surface area contributed by atoms with E-state index in [0.717, 1.165) is 31.0 Å². The van der Waals surface area contributed by atoms with E-state index < -0.39 is 29.5 Å². The van der Waals surface area contributed by atoms with Gasteiger partial charge in [0.1, 0.15) is 0 Å². The first-order valence-corrected chi connectivity index (χ1v) is 8.46. The quantitative estimate of drug-likeness (QED) is 0.618. The van der Waals surface area contributed by atoms with E-state index in [2.05, 4.69) is 5.32 Å². The van der Waals surface area contributed by atoms with Crippen molar-refractivity contribution in [2.24, 2.45) is 5.92 Å². The molecule has 1 aliphatic carbocycles. The normalized spacial score (nSPS) is 14.3. The van der Waals surface area contributed by atoms with E-state index in [0.29, 0.717) is 5.69 Å². The molecule has 0 unspecified atom stereocenters. The van der Waals surface area contributed by atoms with Gasteiger partial charge in [-0.2, -0.15) is 0 Å². The van der Waals surface area contributed by atoms with Gasteiger partial charge in [0, 0.05) is 17.2 Å². The second-order valence-corrected chi connectivity index (χ2v) is 6.38. The Balaban J connectivity index is 1.60. The fourth-order valence-electron chi connectivity index (χ4n) is 2.45. The number of carbonyl (C=O) groups is 3. The molecular weight excluding hydrogens is 356 g/mol. The van der Waals surface area contributed by atoms with Crippen molar-refractivity contribution < 1.29 is 27.9 Å². The van der Waals surface area contributed by atoms with Gasteiger partial charge in [-0.1, -0.05) is 0 Å². The number of ketones is 1. The van der Waals surface area contributed by atoms with Crippen LogP contribution in [0.15, 0.2) is 42.5 Å². The number of rotatable bonds is 6. The molecule has 2 aromatic carbocycles. The van der Waals surface area contributed by atoms with Gasteiger partial charge in [-0.3, -0.25) is 9.59 Å². The number of ether oxygens (including phenoxy) is 1. The lowest BCUT2D eigenvalue weighted by Crippen LogP contribution is -2.24. The largest absolute Gasteiger partial charge is 0.451 e. The smallest absolute Gasteiger partial charge is 0.338 e. The zero-order valence-electron chi connectivity index (χ0n) is 14.5. The van der Waals surface area contributed by atoms with Gasteiger partial charge in [-0.05, 0) is 62.2 Å². The second kappa shape index (κ2) is 7.65. The fraction of sp³-hybridized carbons (Fsp3) is 0.250. The number of anilines is 1. The Morgan fingerprint density at radius 1 is 1.00 bits per heavy atom. The molecule has 0 spiro atoms. The summed E-state index contributed by atoms with van der Waals surface area (Å²) in [6.07, 6.45) is 0.608. The zero-order chi connectivity index (χ0) is 19.6. The van der Waals surface area contributed by atoms with Crippen LogP contribution in [-0.2, 0) is 9.53 Å². The number of amides is 1. The Hall–Kier alpha value is -3.09. The third-order valence-corrected chi connectivity index (χ3v) is 4.19. The van der Waals surface area contributed by atoms with Gasteiger partial charge in [-0.15, -0.1) is 0 Å². The highest BCUT2D eigenvalue weighted by Crippen LogP contribution is 2.30. The molecule has 0 saturated heterocycles. The van der Waals surface area contributed by atoms with E-state index >= 15 is 0 Å². The summed E-state index contributed by atoms with van der Waals surface area (Å²) >= 11 is 0. The molecule has 1 amide bonds. The van der Waals surface area contributed by atoms with Crippen molar-refractivity contribution in [1.82, 2.24) is 0 Å². The molecule has 1 saturated carbocycles. The highest BCUT2D eigenvalue weighted by atomic mass is 19.2. The van der Waals surface area contributed by atoms with Crippen molar-refractivity contribution in [1.29, 1.82) is 0 Å². The van der Waals surface area contributed by atoms with E-state index in [1.165, 1.54) is 19.1 Å². The van der Waals surface area contributed by atoms with Gasteiger partial charge in [-0.25, -0.2) is 13.6 Å². The SMILES string of the molecule is C[C@H](OC(=O)c1ccc(NC(=O)C2CC2)cc1)C(=O)c1ccc(F)c(F)c1. The molecule has 3 rings (SSSR count). The third kappa shape index (κ3) is 4.55. The van der Waals surface area contributed by atoms with Crippen molar-refractivity contribution in [3.05, 3.63) is 65.2 Å². The van der Waals surface area contributed by atoms with Crippen molar-refractivity contribution in [3.8, 4) is 0 Å². The summed E-state index contributed by atoms with van der Waals surface area (Å²) in [7, 11) is 0. The van der Waals surface area contributed by atoms with Crippen LogP contribution >= 0.6 is 0 Å². The number of esters is 1. The van der Waals surface area contributed by atoms with Crippen LogP contribution in [0.5, 0.6) is 0 Å². The maximum absolute atomic E-state index is 13.2. The molecule has 1 aliphatic rings. The van der Waals surface area contributed by atoms with Crippen molar-refractivity contribution in [2.45, 2.75) is 25.9 Å². The average Bonchev–Trinajstić information content (AvgIpc) is 3.49. The van der Waals surface area contributed by atoms with Gasteiger partial charge >= 0.3 is 5.97 Å². The first kappa shape index (κ1) is 18.7. The summed E-state index contributed by atoms with van der Waals surface area (Å²) in [6, 6.07) is 8.81. The molecule has 5 nitrogen and oxygen atoms in total. The van der Waals surface area contributed by atoms with Crippen molar-refractivity contribution in [3.63, 3.8) is 0 Å². The molecule has 0 heterocycles. The van der Waals surface area contributed by atoms with Crippen LogP contribution in [0.1, 0.15) is 40.5 Å². The number of nitrogens with one attached hydrogen (secondary N) is 1. The first-order valence-electron chi connectivity index (χ1n) is 8.46. The highest BCUT2D eigenvalue weighted by molar-refractivity contribution is 6.01. The molecule has 1 fully saturated rings. The number of hydrogen-bond acceptors (Lipinski definition) is 4. The Morgan fingerprint density at radius 2 is 1.63 bits per heavy atom. The Morgan fingerprint density at radius 3 is 2.22 bits per heavy atom. The van der Waals surface area contributed by atoms with Crippen LogP contribution in [-0.4, -0.2) is 23.8 Å². The fourth-order valence-corrected chi connectivity index (χ4v) is 2.45. The molecule has 7 heteroatoms. The standard InChI is InChI=1S/C20H17F2NO4/c1-11(18(24)14-6-9-16(21)17(22)10-14)27-20(26)13-4-7-15(8-5-13)23-19(25)12-2-3-12/h4-12H,2-3H2,1H3,(H,23,25)/t11-/m0/s1. The predicted molar refractivity (Wildman–Crippen MR) is 93.4 cm³/mol. The summed E-state index contributed by atoms with van der Waals surface area (Å²) in [5.74, 6) is -3.57. The van der Waals surface area contributed by atoms with Crippen molar-refractivity contribution in [2.75, 3.05) is 5.32 Å². The van der Waals surface area contributed by atoms with Crippen LogP contribution in [0.25, 0.3) is 0 Å². The maximum atomic E-state index is 13.2. The summed E-state index contributed by atoms with van der Waals surface area (Å²) in [4.78, 5) is 36.1. The number of carbonyl (C=O) groups excluding carboxylic acids is 3. The van der Waals surface area contributed by atoms with E-state index in [9.17, 15) is 23.2 Å². The number of Topliss-reactive ketones (excluding diaryl/α,β-unsaturated/α-hetero) is 1. The molecule has 0 aromatic heterocycles. The Kier molecular flexibility index (Phi) is 5.30. The minimum absolute atomic E-state index is 0.0453. The van der Waals surface area contributed by atoms with E-state index in [4.69, 9.17) is 4.74 Å². The van der Waals surface area contributed by atoms with Gasteiger partial charge in [0.25, 0.3) is 0 Å². The molecule has 27 heavy (non-hydrogen) atoms. The molecule has 1 atom stereocenters. The number of hydrogen-bond donors (Lipinski definition) is 1. The lowest BCUT2D eigenvalue weighted by molar-refractivity contribution is -0.117. The lowest BCUT2D eigenvalue weighted by atomic mass is 10.1. The van der Waals surface area contributed by atoms with E-state index in [-0.39, 0.29) is 23.0 Å². The van der Waals surface area contributed by atoms with Crippen LogP contribution in [0.4, 0.5) is 14.5 Å². The molecule has 1 N–H and O–H groups in total. The van der Waals surface area contributed by atoms with Gasteiger partial charge in [0.15, 0.2) is 17.7 Å². The highest BCUT2D eigenvalue weighted by Gasteiger charge is 2.29. The Labute approximate surface area is 154 Å². The minimum atomic E-state index is -1.17. The molecule has 0 radical (unpaired) electrons. The molecule has 0 bridgehead atoms. The molecule has 140 valence electrons. The Bertz CT molecular complexity index is 891. The summed E-state index contributed by atoms with van der Waals surface area (Å²) in [5.41, 5.74) is 0.672. The van der Waals surface area contributed by atoms with Crippen LogP contribution in [0.3, 0.4) is 0 Å². The van der Waals surface area contributed by atoms with E-state index in [1.807, 2.05) is 0 Å². The monoisotopic (exact) mass is 373 g/mol. The van der Waals surface area contributed by atoms with Gasteiger partial charge in [0.2, 0.25) is 11.7 Å². The van der Waals surface area contributed by atoms with Crippen LogP contribution < -0.4 is 5.32 Å². The topological polar surface area (TPSA) is 72.5 Å². The lowest BCUT2D eigenvalue weighted by Gasteiger charge is -2.13. The number of benzene rings is 2. The average molecular weight is 373 g/mol. The first-order chi connectivity index (χ1) is 12.8. The molecule has 0 aliphatic heterocycles. The summed E-state index contributed by atoms with van der Waals surface area (Å²) in [6.45, 7) is 1.35. The zero-order valence-corrected chi connectivity index (χ0v) is 14.5. The third-order valence-electron chi connectivity index (χ3n) is 4.19. The minimum Gasteiger partial charge on any atom is -0.451 e. The summed E-state index contributed by atoms with van der Waals surface area (Å²) < 4.78 is 31.3. The molecular formula is C20H17F2NO4. The van der Waals surface area contributed by atoms with Gasteiger partial charge < -0.3 is 10.1 Å². The number of halogens is 2.